The monoisotopic (exact) mass is 302 g/mol. The molecule has 1 aliphatic carbocycles. The molecule has 118 valence electrons. The van der Waals surface area contributed by atoms with E-state index in [1.807, 2.05) is 6.92 Å². The molecule has 0 aliphatic heterocycles. The molecule has 0 unspecified atom stereocenters. The Hall–Kier alpha value is -1.53. The second kappa shape index (κ2) is 6.49. The van der Waals surface area contributed by atoms with Crippen LogP contribution in [0.2, 0.25) is 0 Å². The molecule has 2 rings (SSSR count). The van der Waals surface area contributed by atoms with Gasteiger partial charge in [0, 0.05) is 26.2 Å². The Labute approximate surface area is 122 Å². The molecule has 1 aliphatic rings. The number of halogens is 3. The molecule has 1 aromatic rings. The van der Waals surface area contributed by atoms with E-state index in [2.05, 4.69) is 15.3 Å². The molecule has 1 fully saturated rings. The molecular formula is C14H21F3N4. The summed E-state index contributed by atoms with van der Waals surface area (Å²) in [4.78, 5) is 9.55. The van der Waals surface area contributed by atoms with Gasteiger partial charge in [-0.15, -0.1) is 0 Å². The lowest BCUT2D eigenvalue weighted by molar-refractivity contribution is -0.141. The Bertz CT molecular complexity index is 472. The minimum atomic E-state index is -4.46. The van der Waals surface area contributed by atoms with Crippen molar-refractivity contribution in [3.63, 3.8) is 0 Å². The molecule has 1 N–H and O–H groups in total. The van der Waals surface area contributed by atoms with Gasteiger partial charge in [-0.25, -0.2) is 4.98 Å². The van der Waals surface area contributed by atoms with Gasteiger partial charge in [-0.1, -0.05) is 13.3 Å². The molecule has 21 heavy (non-hydrogen) atoms. The van der Waals surface area contributed by atoms with Crippen LogP contribution in [-0.2, 0) is 6.18 Å². The highest BCUT2D eigenvalue weighted by molar-refractivity contribution is 5.45. The lowest BCUT2D eigenvalue weighted by Crippen LogP contribution is -2.30. The van der Waals surface area contributed by atoms with Gasteiger partial charge in [0.1, 0.15) is 5.82 Å². The molecule has 4 nitrogen and oxygen atoms in total. The van der Waals surface area contributed by atoms with E-state index in [1.165, 1.54) is 6.42 Å². The maximum absolute atomic E-state index is 12.9. The third-order valence-electron chi connectivity index (χ3n) is 3.68. The Morgan fingerprint density at radius 1 is 1.33 bits per heavy atom. The molecule has 0 saturated heterocycles. The van der Waals surface area contributed by atoms with Gasteiger partial charge in [-0.2, -0.15) is 18.2 Å². The number of anilines is 2. The predicted molar refractivity (Wildman–Crippen MR) is 76.4 cm³/mol. The van der Waals surface area contributed by atoms with Crippen LogP contribution in [0.5, 0.6) is 0 Å². The van der Waals surface area contributed by atoms with Crippen molar-refractivity contribution in [2.75, 3.05) is 30.4 Å². The van der Waals surface area contributed by atoms with Gasteiger partial charge >= 0.3 is 6.18 Å². The van der Waals surface area contributed by atoms with Crippen molar-refractivity contribution in [1.29, 1.82) is 0 Å². The maximum atomic E-state index is 12.9. The van der Waals surface area contributed by atoms with Gasteiger partial charge in [0.15, 0.2) is 5.69 Å². The zero-order valence-corrected chi connectivity index (χ0v) is 12.4. The van der Waals surface area contributed by atoms with Gasteiger partial charge in [0.05, 0.1) is 0 Å². The van der Waals surface area contributed by atoms with Crippen LogP contribution in [0, 0.1) is 5.92 Å². The fourth-order valence-electron chi connectivity index (χ4n) is 2.25. The van der Waals surface area contributed by atoms with Gasteiger partial charge in [0.2, 0.25) is 5.95 Å². The van der Waals surface area contributed by atoms with Crippen LogP contribution >= 0.6 is 0 Å². The first-order chi connectivity index (χ1) is 9.90. The van der Waals surface area contributed by atoms with Crippen LogP contribution < -0.4 is 10.2 Å². The maximum Gasteiger partial charge on any atom is 0.433 e. The van der Waals surface area contributed by atoms with Crippen LogP contribution in [0.4, 0.5) is 24.9 Å². The minimum absolute atomic E-state index is 0.0436. The zero-order chi connectivity index (χ0) is 15.5. The Morgan fingerprint density at radius 2 is 2.05 bits per heavy atom. The van der Waals surface area contributed by atoms with Crippen molar-refractivity contribution in [1.82, 2.24) is 9.97 Å². The third kappa shape index (κ3) is 4.22. The molecule has 0 spiro atoms. The van der Waals surface area contributed by atoms with E-state index in [-0.39, 0.29) is 5.95 Å². The van der Waals surface area contributed by atoms with E-state index < -0.39 is 11.9 Å². The van der Waals surface area contributed by atoms with Crippen molar-refractivity contribution < 1.29 is 13.2 Å². The van der Waals surface area contributed by atoms with E-state index in [0.717, 1.165) is 31.9 Å². The number of hydrogen-bond donors (Lipinski definition) is 1. The summed E-state index contributed by atoms with van der Waals surface area (Å²) in [6, 6.07) is 1.02. The van der Waals surface area contributed by atoms with Gasteiger partial charge in [0.25, 0.3) is 0 Å². The topological polar surface area (TPSA) is 41.1 Å². The summed E-state index contributed by atoms with van der Waals surface area (Å²) in [5.74, 6) is 0.927. The number of aromatic nitrogens is 2. The summed E-state index contributed by atoms with van der Waals surface area (Å²) >= 11 is 0. The largest absolute Gasteiger partial charge is 0.433 e. The van der Waals surface area contributed by atoms with Gasteiger partial charge in [-0.05, 0) is 25.2 Å². The number of nitrogens with one attached hydrogen (secondary N) is 1. The summed E-state index contributed by atoms with van der Waals surface area (Å²) in [5, 5.41) is 2.83. The normalized spacial score (nSPS) is 15.7. The molecule has 1 saturated carbocycles. The Morgan fingerprint density at radius 3 is 2.57 bits per heavy atom. The van der Waals surface area contributed by atoms with Crippen molar-refractivity contribution in [3.05, 3.63) is 11.8 Å². The van der Waals surface area contributed by atoms with Crippen molar-refractivity contribution >= 4 is 11.8 Å². The molecular weight excluding hydrogens is 281 g/mol. The van der Waals surface area contributed by atoms with E-state index in [1.54, 1.807) is 11.9 Å². The summed E-state index contributed by atoms with van der Waals surface area (Å²) < 4.78 is 38.8. The van der Waals surface area contributed by atoms with Crippen molar-refractivity contribution in [2.45, 2.75) is 38.8 Å². The average Bonchev–Trinajstić information content (AvgIpc) is 2.39. The standard InChI is InChI=1S/C14H21F3N4/c1-3-7-18-13-19-11(14(15,16)17)8-12(20-13)21(2)9-10-5-4-6-10/h8,10H,3-7,9H2,1-2H3,(H,18,19,20). The second-order valence-corrected chi connectivity index (χ2v) is 5.54. The Balaban J connectivity index is 2.20. The lowest BCUT2D eigenvalue weighted by atomic mass is 9.85. The predicted octanol–water partition coefficient (Wildman–Crippen LogP) is 3.55. The number of alkyl halides is 3. The smallest absolute Gasteiger partial charge is 0.359 e. The third-order valence-corrected chi connectivity index (χ3v) is 3.68. The number of nitrogens with zero attached hydrogens (tertiary/aromatic N) is 3. The Kier molecular flexibility index (Phi) is 4.90. The fraction of sp³-hybridized carbons (Fsp3) is 0.714. The highest BCUT2D eigenvalue weighted by Crippen LogP contribution is 2.32. The van der Waals surface area contributed by atoms with Crippen LogP contribution in [0.1, 0.15) is 38.3 Å². The van der Waals surface area contributed by atoms with Crippen LogP contribution in [-0.4, -0.2) is 30.1 Å². The first-order valence-corrected chi connectivity index (χ1v) is 7.31. The van der Waals surface area contributed by atoms with Crippen molar-refractivity contribution in [3.8, 4) is 0 Å². The van der Waals surface area contributed by atoms with Crippen LogP contribution in [0.25, 0.3) is 0 Å². The molecule has 1 heterocycles. The molecule has 1 aromatic heterocycles. The van der Waals surface area contributed by atoms with Gasteiger partial charge in [-0.3, -0.25) is 0 Å². The fourth-order valence-corrected chi connectivity index (χ4v) is 2.25. The molecule has 0 aromatic carbocycles. The van der Waals surface area contributed by atoms with E-state index in [9.17, 15) is 13.2 Å². The first-order valence-electron chi connectivity index (χ1n) is 7.31. The van der Waals surface area contributed by atoms with E-state index in [0.29, 0.717) is 18.3 Å². The average molecular weight is 302 g/mol. The summed E-state index contributed by atoms with van der Waals surface area (Å²) in [6.07, 6.45) is -0.172. The van der Waals surface area contributed by atoms with Crippen LogP contribution in [0.3, 0.4) is 0 Å². The SMILES string of the molecule is CCCNc1nc(N(C)CC2CCC2)cc(C(F)(F)F)n1. The van der Waals surface area contributed by atoms with Crippen LogP contribution in [0.15, 0.2) is 6.07 Å². The van der Waals surface area contributed by atoms with Gasteiger partial charge < -0.3 is 10.2 Å². The quantitative estimate of drug-likeness (QED) is 0.872. The van der Waals surface area contributed by atoms with E-state index in [4.69, 9.17) is 0 Å². The lowest BCUT2D eigenvalue weighted by Gasteiger charge is -2.31. The highest BCUT2D eigenvalue weighted by atomic mass is 19.4. The second-order valence-electron chi connectivity index (χ2n) is 5.54. The minimum Gasteiger partial charge on any atom is -0.359 e. The summed E-state index contributed by atoms with van der Waals surface area (Å²) in [7, 11) is 1.78. The summed E-state index contributed by atoms with van der Waals surface area (Å²) in [5.41, 5.74) is -0.897. The van der Waals surface area contributed by atoms with Crippen molar-refractivity contribution in [2.24, 2.45) is 5.92 Å². The molecule has 7 heteroatoms. The first kappa shape index (κ1) is 15.9. The van der Waals surface area contributed by atoms with E-state index >= 15 is 0 Å². The summed E-state index contributed by atoms with van der Waals surface area (Å²) in [6.45, 7) is 3.22. The highest BCUT2D eigenvalue weighted by Gasteiger charge is 2.34. The molecule has 0 bridgehead atoms. The molecule has 0 atom stereocenters. The molecule has 0 radical (unpaired) electrons. The molecule has 0 amide bonds. The zero-order valence-electron chi connectivity index (χ0n) is 12.4. The number of hydrogen-bond acceptors (Lipinski definition) is 4. The number of rotatable bonds is 6.